The van der Waals surface area contributed by atoms with E-state index in [-0.39, 0.29) is 17.9 Å². The zero-order valence-corrected chi connectivity index (χ0v) is 15.5. The van der Waals surface area contributed by atoms with E-state index in [4.69, 9.17) is 5.73 Å². The fraction of sp³-hybridized carbons (Fsp3) is 0.684. The highest BCUT2D eigenvalue weighted by atomic mass is 16.2. The van der Waals surface area contributed by atoms with Gasteiger partial charge in [0.05, 0.1) is 5.56 Å². The van der Waals surface area contributed by atoms with Gasteiger partial charge in [0.25, 0.3) is 5.91 Å². The van der Waals surface area contributed by atoms with Gasteiger partial charge in [0, 0.05) is 30.2 Å². The van der Waals surface area contributed by atoms with E-state index < -0.39 is 5.91 Å². The van der Waals surface area contributed by atoms with Gasteiger partial charge in [-0.3, -0.25) is 9.59 Å². The third-order valence-corrected chi connectivity index (χ3v) is 5.86. The highest BCUT2D eigenvalue weighted by molar-refractivity contribution is 5.97. The molecule has 0 atom stereocenters. The Labute approximate surface area is 159 Å². The van der Waals surface area contributed by atoms with Crippen molar-refractivity contribution in [3.05, 3.63) is 11.8 Å². The first-order chi connectivity index (χ1) is 13.1. The lowest BCUT2D eigenvalue weighted by Gasteiger charge is -2.29. The van der Waals surface area contributed by atoms with Gasteiger partial charge < -0.3 is 21.7 Å². The number of anilines is 2. The van der Waals surface area contributed by atoms with Crippen molar-refractivity contribution in [3.63, 3.8) is 0 Å². The molecule has 3 aliphatic carbocycles. The highest BCUT2D eigenvalue weighted by Gasteiger charge is 2.31. The maximum Gasteiger partial charge on any atom is 0.254 e. The van der Waals surface area contributed by atoms with Crippen LogP contribution in [0.3, 0.4) is 0 Å². The first-order valence-corrected chi connectivity index (χ1v) is 10.1. The predicted molar refractivity (Wildman–Crippen MR) is 102 cm³/mol. The number of hydrogen-bond donors (Lipinski definition) is 4. The molecular weight excluding hydrogens is 344 g/mol. The van der Waals surface area contributed by atoms with Crippen molar-refractivity contribution >= 4 is 23.6 Å². The van der Waals surface area contributed by atoms with Crippen LogP contribution in [0.5, 0.6) is 0 Å². The smallest absolute Gasteiger partial charge is 0.254 e. The minimum atomic E-state index is -0.537. The van der Waals surface area contributed by atoms with Crippen LogP contribution in [0.2, 0.25) is 0 Å². The molecule has 0 bridgehead atoms. The summed E-state index contributed by atoms with van der Waals surface area (Å²) < 4.78 is 0. The number of carbonyl (C=O) groups excluding carboxylic acids is 2. The van der Waals surface area contributed by atoms with Gasteiger partial charge in [-0.05, 0) is 57.8 Å². The molecule has 0 saturated heterocycles. The molecule has 3 aliphatic rings. The Morgan fingerprint density at radius 3 is 2.19 bits per heavy atom. The number of primary amides is 1. The van der Waals surface area contributed by atoms with Crippen molar-refractivity contribution in [3.8, 4) is 0 Å². The van der Waals surface area contributed by atoms with Crippen LogP contribution in [0, 0.1) is 5.92 Å². The minimum absolute atomic E-state index is 0.0977. The van der Waals surface area contributed by atoms with Crippen LogP contribution in [0.1, 0.15) is 68.1 Å². The monoisotopic (exact) mass is 372 g/mol. The van der Waals surface area contributed by atoms with E-state index in [0.29, 0.717) is 29.4 Å². The maximum absolute atomic E-state index is 12.2. The van der Waals surface area contributed by atoms with E-state index in [1.807, 2.05) is 0 Å². The SMILES string of the molecule is NC(=O)c1cnc(NC2CCC2)nc1N[C@H]1CC[C@H](C(=O)NC2CC2)CC1. The van der Waals surface area contributed by atoms with E-state index in [1.165, 1.54) is 12.6 Å². The van der Waals surface area contributed by atoms with E-state index in [0.717, 1.165) is 51.4 Å². The van der Waals surface area contributed by atoms with E-state index in [9.17, 15) is 9.59 Å². The van der Waals surface area contributed by atoms with Gasteiger partial charge in [-0.25, -0.2) is 4.98 Å². The lowest BCUT2D eigenvalue weighted by atomic mass is 9.85. The van der Waals surface area contributed by atoms with E-state index >= 15 is 0 Å². The Morgan fingerprint density at radius 2 is 1.59 bits per heavy atom. The molecule has 0 aromatic carbocycles. The molecule has 8 heteroatoms. The Hall–Kier alpha value is -2.38. The number of nitrogens with one attached hydrogen (secondary N) is 3. The lowest BCUT2D eigenvalue weighted by molar-refractivity contribution is -0.126. The predicted octanol–water partition coefficient (Wildman–Crippen LogP) is 1.79. The second-order valence-corrected chi connectivity index (χ2v) is 8.07. The summed E-state index contributed by atoms with van der Waals surface area (Å²) in [6.07, 6.45) is 10.6. The number of aromatic nitrogens is 2. The zero-order chi connectivity index (χ0) is 18.8. The molecule has 0 spiro atoms. The minimum Gasteiger partial charge on any atom is -0.367 e. The summed E-state index contributed by atoms with van der Waals surface area (Å²) >= 11 is 0. The maximum atomic E-state index is 12.2. The summed E-state index contributed by atoms with van der Waals surface area (Å²) in [5.74, 6) is 0.781. The third-order valence-electron chi connectivity index (χ3n) is 5.86. The van der Waals surface area contributed by atoms with Crippen LogP contribution in [0.15, 0.2) is 6.20 Å². The van der Waals surface area contributed by atoms with Crippen LogP contribution >= 0.6 is 0 Å². The molecule has 3 saturated carbocycles. The van der Waals surface area contributed by atoms with E-state index in [2.05, 4.69) is 25.9 Å². The number of hydrogen-bond acceptors (Lipinski definition) is 6. The summed E-state index contributed by atoms with van der Waals surface area (Å²) in [5.41, 5.74) is 5.80. The van der Waals surface area contributed by atoms with Crippen molar-refractivity contribution in [2.45, 2.75) is 75.9 Å². The first-order valence-electron chi connectivity index (χ1n) is 10.1. The Morgan fingerprint density at radius 1 is 0.926 bits per heavy atom. The van der Waals surface area contributed by atoms with Crippen LogP contribution < -0.4 is 21.7 Å². The largest absolute Gasteiger partial charge is 0.367 e. The van der Waals surface area contributed by atoms with E-state index in [1.54, 1.807) is 0 Å². The Balaban J connectivity index is 1.36. The van der Waals surface area contributed by atoms with Crippen molar-refractivity contribution in [1.82, 2.24) is 15.3 Å². The Kier molecular flexibility index (Phi) is 5.13. The average molecular weight is 372 g/mol. The molecule has 5 N–H and O–H groups in total. The number of nitrogens with two attached hydrogens (primary N) is 1. The molecule has 0 aliphatic heterocycles. The second-order valence-electron chi connectivity index (χ2n) is 8.07. The summed E-state index contributed by atoms with van der Waals surface area (Å²) in [4.78, 5) is 32.7. The van der Waals surface area contributed by atoms with Gasteiger partial charge >= 0.3 is 0 Å². The Bertz CT molecular complexity index is 708. The molecule has 2 amide bonds. The van der Waals surface area contributed by atoms with Crippen molar-refractivity contribution in [2.75, 3.05) is 10.6 Å². The number of carbonyl (C=O) groups is 2. The number of nitrogens with zero attached hydrogens (tertiary/aromatic N) is 2. The molecule has 1 aromatic rings. The molecule has 3 fully saturated rings. The molecule has 0 unspecified atom stereocenters. The standard InChI is InChI=1S/C19H28N6O2/c20-16(26)15-10-21-19(24-12-2-1-3-12)25-17(15)22-13-6-4-11(5-7-13)18(27)23-14-8-9-14/h10-14H,1-9H2,(H2,20,26)(H,23,27)(H2,21,22,24,25)/t11-,13-. The van der Waals surface area contributed by atoms with Gasteiger partial charge in [-0.1, -0.05) is 0 Å². The second kappa shape index (κ2) is 7.70. The lowest BCUT2D eigenvalue weighted by Crippen LogP contribution is -2.37. The van der Waals surface area contributed by atoms with Crippen LogP contribution in [-0.2, 0) is 4.79 Å². The molecule has 27 heavy (non-hydrogen) atoms. The summed E-state index contributed by atoms with van der Waals surface area (Å²) in [7, 11) is 0. The van der Waals surface area contributed by atoms with Gasteiger partial charge in [-0.2, -0.15) is 4.98 Å². The van der Waals surface area contributed by atoms with Crippen molar-refractivity contribution in [1.29, 1.82) is 0 Å². The molecule has 1 aromatic heterocycles. The van der Waals surface area contributed by atoms with Crippen molar-refractivity contribution < 1.29 is 9.59 Å². The molecule has 146 valence electrons. The fourth-order valence-corrected chi connectivity index (χ4v) is 3.72. The first kappa shape index (κ1) is 18.0. The topological polar surface area (TPSA) is 122 Å². The normalized spacial score (nSPS) is 25.3. The average Bonchev–Trinajstić information content (AvgIpc) is 3.43. The van der Waals surface area contributed by atoms with Crippen LogP contribution in [-0.4, -0.2) is 39.9 Å². The van der Waals surface area contributed by atoms with Crippen LogP contribution in [0.25, 0.3) is 0 Å². The molecule has 8 nitrogen and oxygen atoms in total. The molecule has 1 heterocycles. The van der Waals surface area contributed by atoms with Gasteiger partial charge in [0.15, 0.2) is 0 Å². The van der Waals surface area contributed by atoms with Crippen LogP contribution in [0.4, 0.5) is 11.8 Å². The summed E-state index contributed by atoms with van der Waals surface area (Å²) in [6.45, 7) is 0. The van der Waals surface area contributed by atoms with Gasteiger partial charge in [-0.15, -0.1) is 0 Å². The zero-order valence-electron chi connectivity index (χ0n) is 15.5. The summed E-state index contributed by atoms with van der Waals surface area (Å²) in [5, 5.41) is 9.77. The van der Waals surface area contributed by atoms with Gasteiger partial charge in [0.2, 0.25) is 11.9 Å². The molecule has 0 radical (unpaired) electrons. The highest BCUT2D eigenvalue weighted by Crippen LogP contribution is 2.29. The number of rotatable bonds is 7. The molecule has 4 rings (SSSR count). The van der Waals surface area contributed by atoms with Crippen molar-refractivity contribution in [2.24, 2.45) is 11.7 Å². The van der Waals surface area contributed by atoms with Gasteiger partial charge in [0.1, 0.15) is 5.82 Å². The molecular formula is C19H28N6O2. The quantitative estimate of drug-likeness (QED) is 0.579. The number of amides is 2. The summed E-state index contributed by atoms with van der Waals surface area (Å²) in [6, 6.07) is 1.01. The fourth-order valence-electron chi connectivity index (χ4n) is 3.72. The third kappa shape index (κ3) is 4.48.